The van der Waals surface area contributed by atoms with Crippen molar-refractivity contribution in [1.29, 1.82) is 0 Å². The molecule has 0 atom stereocenters. The Kier molecular flexibility index (Phi) is 4.71. The predicted molar refractivity (Wildman–Crippen MR) is 98.7 cm³/mol. The number of nitrogens with one attached hydrogen (secondary N) is 1. The molecule has 24 heavy (non-hydrogen) atoms. The minimum atomic E-state index is 0.530. The minimum absolute atomic E-state index is 0.530. The van der Waals surface area contributed by atoms with Crippen LogP contribution in [-0.2, 0) is 0 Å². The first kappa shape index (κ1) is 16.3. The summed E-state index contributed by atoms with van der Waals surface area (Å²) in [5, 5.41) is 8.65. The second-order valence-corrected chi connectivity index (χ2v) is 6.37. The molecule has 6 nitrogen and oxygen atoms in total. The molecule has 0 unspecified atom stereocenters. The molecule has 122 valence electrons. The smallest absolute Gasteiger partial charge is 0.253 e. The number of halogens is 1. The van der Waals surface area contributed by atoms with E-state index >= 15 is 0 Å². The number of hydrogen-bond acceptors (Lipinski definition) is 5. The Labute approximate surface area is 148 Å². The average molecular weight is 385 g/mol. The third kappa shape index (κ3) is 3.86. The van der Waals surface area contributed by atoms with Crippen LogP contribution in [0.15, 0.2) is 46.0 Å². The van der Waals surface area contributed by atoms with Crippen LogP contribution in [0.5, 0.6) is 0 Å². The lowest BCUT2D eigenvalue weighted by Gasteiger charge is -2.06. The van der Waals surface area contributed by atoms with Gasteiger partial charge in [0.1, 0.15) is 0 Å². The number of hydrogen-bond donors (Lipinski definition) is 1. The lowest BCUT2D eigenvalue weighted by molar-refractivity contribution is 0.769. The van der Waals surface area contributed by atoms with Crippen molar-refractivity contribution in [3.63, 3.8) is 0 Å². The third-order valence-corrected chi connectivity index (χ3v) is 3.83. The number of aryl methyl sites for hydroxylation is 3. The van der Waals surface area contributed by atoms with E-state index < -0.39 is 0 Å². The highest BCUT2D eigenvalue weighted by atomic mass is 79.9. The van der Waals surface area contributed by atoms with E-state index in [2.05, 4.69) is 41.5 Å². The van der Waals surface area contributed by atoms with Crippen molar-refractivity contribution in [2.45, 2.75) is 20.8 Å². The fourth-order valence-electron chi connectivity index (χ4n) is 2.26. The van der Waals surface area contributed by atoms with Crippen LogP contribution in [0, 0.1) is 20.8 Å². The number of anilines is 1. The Morgan fingerprint density at radius 1 is 1.04 bits per heavy atom. The molecule has 2 heterocycles. The van der Waals surface area contributed by atoms with Gasteiger partial charge in [-0.2, -0.15) is 15.2 Å². The standard InChI is InChI=1S/C17H17BrN6/c1-11-9-16(22-19-10-14-4-6-15(18)7-5-14)21-17(20-11)24-13(3)8-12(2)23-24/h4-10H,1-3H3,(H,20,21,22)/b19-10-. The van der Waals surface area contributed by atoms with Gasteiger partial charge in [0, 0.05) is 21.9 Å². The second-order valence-electron chi connectivity index (χ2n) is 5.46. The number of hydrazone groups is 1. The van der Waals surface area contributed by atoms with E-state index in [4.69, 9.17) is 0 Å². The molecule has 7 heteroatoms. The maximum atomic E-state index is 4.48. The van der Waals surface area contributed by atoms with Crippen molar-refractivity contribution in [1.82, 2.24) is 19.7 Å². The van der Waals surface area contributed by atoms with Gasteiger partial charge in [-0.1, -0.05) is 28.1 Å². The molecule has 1 aromatic carbocycles. The molecular formula is C17H17BrN6. The van der Waals surface area contributed by atoms with E-state index in [1.54, 1.807) is 10.9 Å². The average Bonchev–Trinajstić information content (AvgIpc) is 2.87. The summed E-state index contributed by atoms with van der Waals surface area (Å²) in [6, 6.07) is 11.7. The largest absolute Gasteiger partial charge is 0.261 e. The van der Waals surface area contributed by atoms with Gasteiger partial charge in [0.15, 0.2) is 5.82 Å². The number of rotatable bonds is 4. The van der Waals surface area contributed by atoms with Gasteiger partial charge in [0.2, 0.25) is 0 Å². The van der Waals surface area contributed by atoms with Gasteiger partial charge >= 0.3 is 0 Å². The lowest BCUT2D eigenvalue weighted by Crippen LogP contribution is -2.08. The Morgan fingerprint density at radius 2 is 1.79 bits per heavy atom. The number of aromatic nitrogens is 4. The Balaban J connectivity index is 1.81. The maximum absolute atomic E-state index is 4.48. The van der Waals surface area contributed by atoms with Crippen LogP contribution < -0.4 is 5.43 Å². The van der Waals surface area contributed by atoms with Gasteiger partial charge in [-0.25, -0.2) is 9.67 Å². The van der Waals surface area contributed by atoms with Crippen LogP contribution >= 0.6 is 15.9 Å². The zero-order chi connectivity index (χ0) is 17.1. The molecular weight excluding hydrogens is 368 g/mol. The first-order valence-electron chi connectivity index (χ1n) is 7.45. The normalized spacial score (nSPS) is 11.2. The molecule has 0 bridgehead atoms. The number of nitrogens with zero attached hydrogens (tertiary/aromatic N) is 5. The molecule has 0 aliphatic carbocycles. The van der Waals surface area contributed by atoms with Crippen LogP contribution in [0.4, 0.5) is 5.82 Å². The van der Waals surface area contributed by atoms with Crippen LogP contribution in [-0.4, -0.2) is 26.0 Å². The highest BCUT2D eigenvalue weighted by Crippen LogP contribution is 2.13. The zero-order valence-electron chi connectivity index (χ0n) is 13.7. The van der Waals surface area contributed by atoms with E-state index in [1.807, 2.05) is 57.2 Å². The van der Waals surface area contributed by atoms with Crippen LogP contribution in [0.25, 0.3) is 5.95 Å². The van der Waals surface area contributed by atoms with Gasteiger partial charge in [0.05, 0.1) is 11.9 Å². The van der Waals surface area contributed by atoms with Gasteiger partial charge < -0.3 is 0 Å². The summed E-state index contributed by atoms with van der Waals surface area (Å²) in [6.07, 6.45) is 1.74. The van der Waals surface area contributed by atoms with Crippen molar-refractivity contribution in [2.24, 2.45) is 5.10 Å². The Hall–Kier alpha value is -2.54. The molecule has 0 saturated carbocycles. The predicted octanol–water partition coefficient (Wildman–Crippen LogP) is 3.80. The van der Waals surface area contributed by atoms with Crippen molar-refractivity contribution >= 4 is 28.0 Å². The molecule has 3 rings (SSSR count). The Morgan fingerprint density at radius 3 is 2.46 bits per heavy atom. The molecule has 0 aliphatic rings. The molecule has 0 spiro atoms. The van der Waals surface area contributed by atoms with Crippen molar-refractivity contribution in [2.75, 3.05) is 5.43 Å². The number of benzene rings is 1. The lowest BCUT2D eigenvalue weighted by atomic mass is 10.2. The van der Waals surface area contributed by atoms with E-state index in [0.717, 1.165) is 27.1 Å². The summed E-state index contributed by atoms with van der Waals surface area (Å²) in [4.78, 5) is 8.93. The minimum Gasteiger partial charge on any atom is -0.261 e. The topological polar surface area (TPSA) is 68.0 Å². The zero-order valence-corrected chi connectivity index (χ0v) is 15.2. The fraction of sp³-hybridized carbons (Fsp3) is 0.176. The van der Waals surface area contributed by atoms with Gasteiger partial charge in [0.25, 0.3) is 5.95 Å². The van der Waals surface area contributed by atoms with Crippen molar-refractivity contribution < 1.29 is 0 Å². The first-order chi connectivity index (χ1) is 11.5. The van der Waals surface area contributed by atoms with Crippen LogP contribution in [0.2, 0.25) is 0 Å². The maximum Gasteiger partial charge on any atom is 0.253 e. The summed E-state index contributed by atoms with van der Waals surface area (Å²) in [5.74, 6) is 1.15. The van der Waals surface area contributed by atoms with Gasteiger partial charge in [-0.15, -0.1) is 0 Å². The fourth-order valence-corrected chi connectivity index (χ4v) is 2.52. The molecule has 2 aromatic heterocycles. The monoisotopic (exact) mass is 384 g/mol. The molecule has 0 aliphatic heterocycles. The second kappa shape index (κ2) is 6.92. The molecule has 0 amide bonds. The summed E-state index contributed by atoms with van der Waals surface area (Å²) in [5.41, 5.74) is 6.71. The molecule has 0 saturated heterocycles. The van der Waals surface area contributed by atoms with Gasteiger partial charge in [-0.3, -0.25) is 5.43 Å². The van der Waals surface area contributed by atoms with E-state index in [1.165, 1.54) is 0 Å². The molecule has 0 radical (unpaired) electrons. The Bertz CT molecular complexity index is 883. The summed E-state index contributed by atoms with van der Waals surface area (Å²) in [6.45, 7) is 5.84. The first-order valence-corrected chi connectivity index (χ1v) is 8.24. The van der Waals surface area contributed by atoms with Gasteiger partial charge in [-0.05, 0) is 44.5 Å². The van der Waals surface area contributed by atoms with E-state index in [9.17, 15) is 0 Å². The summed E-state index contributed by atoms with van der Waals surface area (Å²) < 4.78 is 2.76. The van der Waals surface area contributed by atoms with E-state index in [0.29, 0.717) is 11.8 Å². The quantitative estimate of drug-likeness (QED) is 0.548. The third-order valence-electron chi connectivity index (χ3n) is 3.30. The molecule has 0 fully saturated rings. The van der Waals surface area contributed by atoms with E-state index in [-0.39, 0.29) is 0 Å². The summed E-state index contributed by atoms with van der Waals surface area (Å²) in [7, 11) is 0. The van der Waals surface area contributed by atoms with Crippen molar-refractivity contribution in [3.8, 4) is 5.95 Å². The van der Waals surface area contributed by atoms with Crippen LogP contribution in [0.3, 0.4) is 0 Å². The summed E-state index contributed by atoms with van der Waals surface area (Å²) >= 11 is 3.41. The van der Waals surface area contributed by atoms with Crippen LogP contribution in [0.1, 0.15) is 22.6 Å². The highest BCUT2D eigenvalue weighted by Gasteiger charge is 2.08. The highest BCUT2D eigenvalue weighted by molar-refractivity contribution is 9.10. The SMILES string of the molecule is Cc1cc(N/N=C\c2ccc(Br)cc2)nc(-n2nc(C)cc2C)n1. The van der Waals surface area contributed by atoms with Crippen molar-refractivity contribution in [3.05, 3.63) is 63.5 Å². The molecule has 3 aromatic rings. The molecule has 1 N–H and O–H groups in total.